The molecular formula is C22H46O2Si. The minimum Gasteiger partial charge on any atom is -0.398 e. The van der Waals surface area contributed by atoms with Gasteiger partial charge in [0.2, 0.25) is 0 Å². The van der Waals surface area contributed by atoms with Gasteiger partial charge in [-0.3, -0.25) is 0 Å². The summed E-state index contributed by atoms with van der Waals surface area (Å²) in [5.41, 5.74) is 0. The largest absolute Gasteiger partial charge is 0.398 e. The predicted molar refractivity (Wildman–Crippen MR) is 115 cm³/mol. The van der Waals surface area contributed by atoms with E-state index in [1.54, 1.807) is 0 Å². The lowest BCUT2D eigenvalue weighted by Gasteiger charge is -2.24. The molecule has 0 aromatic rings. The minimum absolute atomic E-state index is 0.784. The number of allylic oxidation sites excluding steroid dienone is 1. The van der Waals surface area contributed by atoms with Crippen LogP contribution in [0.1, 0.15) is 103 Å². The van der Waals surface area contributed by atoms with E-state index in [1.807, 2.05) is 13.2 Å². The van der Waals surface area contributed by atoms with Crippen LogP contribution in [0.15, 0.2) is 12.7 Å². The third-order valence-electron chi connectivity index (χ3n) is 5.17. The molecule has 1 unspecified atom stereocenters. The Balaban J connectivity index is 3.20. The molecule has 2 nitrogen and oxygen atoms in total. The molecule has 1 atom stereocenters. The summed E-state index contributed by atoms with van der Waals surface area (Å²) in [6.07, 6.45) is 22.8. The molecule has 0 spiro atoms. The molecule has 25 heavy (non-hydrogen) atoms. The van der Waals surface area contributed by atoms with Gasteiger partial charge in [0.05, 0.1) is 0 Å². The smallest absolute Gasteiger partial charge is 0.334 e. The van der Waals surface area contributed by atoms with E-state index in [2.05, 4.69) is 20.0 Å². The molecule has 0 heterocycles. The van der Waals surface area contributed by atoms with Gasteiger partial charge >= 0.3 is 8.56 Å². The number of unbranched alkanes of at least 4 members (excludes halogenated alkanes) is 14. The summed E-state index contributed by atoms with van der Waals surface area (Å²) in [5, 5.41) is 0. The van der Waals surface area contributed by atoms with E-state index in [4.69, 9.17) is 8.85 Å². The normalized spacial score (nSPS) is 13.7. The molecule has 0 aliphatic heterocycles. The van der Waals surface area contributed by atoms with Gasteiger partial charge in [-0.05, 0) is 32.4 Å². The Kier molecular flexibility index (Phi) is 18.6. The van der Waals surface area contributed by atoms with Crippen LogP contribution in [0.4, 0.5) is 0 Å². The van der Waals surface area contributed by atoms with Gasteiger partial charge in [0.25, 0.3) is 0 Å². The molecule has 0 rings (SSSR count). The van der Waals surface area contributed by atoms with Gasteiger partial charge in [0, 0.05) is 13.7 Å². The fourth-order valence-electron chi connectivity index (χ4n) is 3.39. The van der Waals surface area contributed by atoms with Crippen LogP contribution in [0.25, 0.3) is 0 Å². The van der Waals surface area contributed by atoms with E-state index in [9.17, 15) is 0 Å². The molecule has 0 fully saturated rings. The third-order valence-corrected chi connectivity index (χ3v) is 8.20. The highest BCUT2D eigenvalue weighted by Crippen LogP contribution is 2.18. The van der Waals surface area contributed by atoms with Gasteiger partial charge in [0.1, 0.15) is 0 Å². The van der Waals surface area contributed by atoms with Crippen molar-refractivity contribution in [2.75, 3.05) is 13.7 Å². The van der Waals surface area contributed by atoms with Crippen molar-refractivity contribution >= 4 is 8.56 Å². The predicted octanol–water partition coefficient (Wildman–Crippen LogP) is 7.78. The van der Waals surface area contributed by atoms with Crippen molar-refractivity contribution in [1.29, 1.82) is 0 Å². The maximum Gasteiger partial charge on any atom is 0.334 e. The number of rotatable bonds is 20. The van der Waals surface area contributed by atoms with Crippen LogP contribution in [0.3, 0.4) is 0 Å². The minimum atomic E-state index is -1.83. The van der Waals surface area contributed by atoms with Gasteiger partial charge in [0.15, 0.2) is 0 Å². The average molecular weight is 371 g/mol. The molecule has 0 amide bonds. The first kappa shape index (κ1) is 24.9. The third kappa shape index (κ3) is 17.1. The molecule has 0 aromatic heterocycles. The van der Waals surface area contributed by atoms with Gasteiger partial charge in [-0.2, -0.15) is 0 Å². The summed E-state index contributed by atoms with van der Waals surface area (Å²) in [5.74, 6) is 0. The van der Waals surface area contributed by atoms with Gasteiger partial charge in [-0.25, -0.2) is 0 Å². The summed E-state index contributed by atoms with van der Waals surface area (Å²) >= 11 is 0. The van der Waals surface area contributed by atoms with Crippen LogP contribution in [0.2, 0.25) is 12.6 Å². The van der Waals surface area contributed by atoms with E-state index in [-0.39, 0.29) is 0 Å². The fourth-order valence-corrected chi connectivity index (χ4v) is 5.36. The molecule has 0 saturated heterocycles. The van der Waals surface area contributed by atoms with Crippen molar-refractivity contribution in [3.05, 3.63) is 12.7 Å². The van der Waals surface area contributed by atoms with Crippen molar-refractivity contribution in [3.63, 3.8) is 0 Å². The van der Waals surface area contributed by atoms with Crippen molar-refractivity contribution in [2.45, 2.75) is 116 Å². The molecule has 0 N–H and O–H groups in total. The first-order valence-corrected chi connectivity index (χ1v) is 13.5. The Bertz CT molecular complexity index is 283. The number of hydrogen-bond donors (Lipinski definition) is 0. The lowest BCUT2D eigenvalue weighted by Crippen LogP contribution is -2.37. The first-order valence-electron chi connectivity index (χ1n) is 11.0. The highest BCUT2D eigenvalue weighted by Gasteiger charge is 2.28. The van der Waals surface area contributed by atoms with Crippen molar-refractivity contribution < 1.29 is 8.85 Å². The van der Waals surface area contributed by atoms with Crippen LogP contribution in [-0.4, -0.2) is 22.3 Å². The summed E-state index contributed by atoms with van der Waals surface area (Å²) in [7, 11) is -0.0245. The van der Waals surface area contributed by atoms with E-state index < -0.39 is 8.56 Å². The fraction of sp³-hybridized carbons (Fsp3) is 0.909. The zero-order valence-corrected chi connectivity index (χ0v) is 18.6. The number of hydrogen-bond acceptors (Lipinski definition) is 2. The SMILES string of the molecule is C=CCCCCCCCCCCCCCCCC[Si](C)(OC)OCC. The van der Waals surface area contributed by atoms with E-state index >= 15 is 0 Å². The van der Waals surface area contributed by atoms with Crippen molar-refractivity contribution in [1.82, 2.24) is 0 Å². The highest BCUT2D eigenvalue weighted by atomic mass is 28.4. The van der Waals surface area contributed by atoms with E-state index in [0.717, 1.165) is 12.7 Å². The van der Waals surface area contributed by atoms with E-state index in [1.165, 1.54) is 96.3 Å². The first-order chi connectivity index (χ1) is 12.2. The summed E-state index contributed by atoms with van der Waals surface area (Å²) in [6.45, 7) is 8.82. The Morgan fingerprint density at radius 3 is 1.48 bits per heavy atom. The second-order valence-corrected chi connectivity index (χ2v) is 11.0. The van der Waals surface area contributed by atoms with Gasteiger partial charge in [-0.1, -0.05) is 89.5 Å². The molecule has 0 bridgehead atoms. The maximum absolute atomic E-state index is 5.82. The molecular weight excluding hydrogens is 324 g/mol. The second-order valence-electron chi connectivity index (χ2n) is 7.55. The molecule has 0 aromatic carbocycles. The second kappa shape index (κ2) is 18.7. The van der Waals surface area contributed by atoms with Crippen LogP contribution >= 0.6 is 0 Å². The standard InChI is InChI=1S/C22H46O2Si/c1-5-7-8-9-10-11-12-13-14-15-16-17-18-19-20-21-22-25(4,23-3)24-6-2/h5H,1,6-22H2,2-4H3. The van der Waals surface area contributed by atoms with Crippen LogP contribution in [-0.2, 0) is 8.85 Å². The average Bonchev–Trinajstić information content (AvgIpc) is 2.61. The van der Waals surface area contributed by atoms with E-state index in [0.29, 0.717) is 0 Å². The summed E-state index contributed by atoms with van der Waals surface area (Å²) in [4.78, 5) is 0. The van der Waals surface area contributed by atoms with Crippen LogP contribution in [0, 0.1) is 0 Å². The monoisotopic (exact) mass is 370 g/mol. The Hall–Kier alpha value is -0.123. The molecule has 3 heteroatoms. The van der Waals surface area contributed by atoms with Crippen LogP contribution in [0.5, 0.6) is 0 Å². The van der Waals surface area contributed by atoms with Gasteiger partial charge < -0.3 is 8.85 Å². The lowest BCUT2D eigenvalue weighted by atomic mass is 10.0. The van der Waals surface area contributed by atoms with Crippen molar-refractivity contribution in [3.8, 4) is 0 Å². The quantitative estimate of drug-likeness (QED) is 0.124. The zero-order chi connectivity index (χ0) is 18.6. The topological polar surface area (TPSA) is 18.5 Å². The molecule has 0 radical (unpaired) electrons. The Labute approximate surface area is 160 Å². The lowest BCUT2D eigenvalue weighted by molar-refractivity contribution is 0.214. The molecule has 0 aliphatic rings. The Morgan fingerprint density at radius 1 is 0.720 bits per heavy atom. The van der Waals surface area contributed by atoms with Crippen LogP contribution < -0.4 is 0 Å². The zero-order valence-electron chi connectivity index (χ0n) is 17.6. The van der Waals surface area contributed by atoms with Gasteiger partial charge in [-0.15, -0.1) is 6.58 Å². The Morgan fingerprint density at radius 2 is 1.12 bits per heavy atom. The summed E-state index contributed by atoms with van der Waals surface area (Å²) in [6, 6.07) is 1.14. The highest BCUT2D eigenvalue weighted by molar-refractivity contribution is 6.65. The molecule has 0 saturated carbocycles. The molecule has 150 valence electrons. The summed E-state index contributed by atoms with van der Waals surface area (Å²) < 4.78 is 11.4. The van der Waals surface area contributed by atoms with Crippen molar-refractivity contribution in [2.24, 2.45) is 0 Å². The molecule has 0 aliphatic carbocycles. The maximum atomic E-state index is 5.82.